The fourth-order valence-corrected chi connectivity index (χ4v) is 1.21. The standard InChI is InChI=1S/C8H11N5O/c9-7(14)6-8(12-2-1-11-6)13-5-3-10-4-5/h1-2,5,10H,3-4H2,(H2,9,14)(H,12,13). The van der Waals surface area contributed by atoms with Crippen LogP contribution in [0.15, 0.2) is 12.4 Å². The van der Waals surface area contributed by atoms with Crippen molar-refractivity contribution in [3.8, 4) is 0 Å². The third-order valence-corrected chi connectivity index (χ3v) is 2.05. The first-order valence-electron chi connectivity index (χ1n) is 4.35. The molecule has 1 aromatic rings. The van der Waals surface area contributed by atoms with Crippen LogP contribution in [-0.4, -0.2) is 35.0 Å². The van der Waals surface area contributed by atoms with E-state index in [0.29, 0.717) is 11.9 Å². The Labute approximate surface area is 80.9 Å². The summed E-state index contributed by atoms with van der Waals surface area (Å²) < 4.78 is 0. The van der Waals surface area contributed by atoms with E-state index in [1.807, 2.05) is 0 Å². The normalized spacial score (nSPS) is 16.0. The van der Waals surface area contributed by atoms with Crippen LogP contribution in [-0.2, 0) is 0 Å². The summed E-state index contributed by atoms with van der Waals surface area (Å²) in [6.45, 7) is 1.74. The Morgan fingerprint density at radius 3 is 2.79 bits per heavy atom. The number of rotatable bonds is 3. The maximum absolute atomic E-state index is 11.0. The summed E-state index contributed by atoms with van der Waals surface area (Å²) in [7, 11) is 0. The minimum absolute atomic E-state index is 0.194. The first kappa shape index (κ1) is 8.89. The molecule has 1 aliphatic heterocycles. The van der Waals surface area contributed by atoms with Gasteiger partial charge in [-0.05, 0) is 0 Å². The fourth-order valence-electron chi connectivity index (χ4n) is 1.21. The van der Waals surface area contributed by atoms with Crippen molar-refractivity contribution in [1.29, 1.82) is 0 Å². The van der Waals surface area contributed by atoms with Crippen LogP contribution in [0.25, 0.3) is 0 Å². The van der Waals surface area contributed by atoms with Crippen molar-refractivity contribution in [2.75, 3.05) is 18.4 Å². The second-order valence-electron chi connectivity index (χ2n) is 3.12. The highest BCUT2D eigenvalue weighted by Gasteiger charge is 2.19. The van der Waals surface area contributed by atoms with E-state index in [9.17, 15) is 4.79 Å². The zero-order valence-corrected chi connectivity index (χ0v) is 7.53. The second kappa shape index (κ2) is 3.59. The van der Waals surface area contributed by atoms with Crippen molar-refractivity contribution in [1.82, 2.24) is 15.3 Å². The van der Waals surface area contributed by atoms with Gasteiger partial charge in [-0.3, -0.25) is 4.79 Å². The number of nitrogens with two attached hydrogens (primary N) is 1. The lowest BCUT2D eigenvalue weighted by Crippen LogP contribution is -2.51. The van der Waals surface area contributed by atoms with E-state index < -0.39 is 5.91 Å². The summed E-state index contributed by atoms with van der Waals surface area (Å²) in [5, 5.41) is 6.19. The van der Waals surface area contributed by atoms with Crippen molar-refractivity contribution in [2.24, 2.45) is 5.73 Å². The monoisotopic (exact) mass is 193 g/mol. The topological polar surface area (TPSA) is 92.9 Å². The predicted octanol–water partition coefficient (Wildman–Crippen LogP) is -1.04. The molecule has 1 aromatic heterocycles. The Hall–Kier alpha value is -1.69. The van der Waals surface area contributed by atoms with Gasteiger partial charge in [-0.15, -0.1) is 0 Å². The highest BCUT2D eigenvalue weighted by molar-refractivity contribution is 5.95. The smallest absolute Gasteiger partial charge is 0.271 e. The number of carbonyl (C=O) groups excluding carboxylic acids is 1. The van der Waals surface area contributed by atoms with Crippen LogP contribution in [0.2, 0.25) is 0 Å². The minimum Gasteiger partial charge on any atom is -0.364 e. The SMILES string of the molecule is NC(=O)c1nccnc1NC1CNC1. The van der Waals surface area contributed by atoms with Crippen molar-refractivity contribution < 1.29 is 4.79 Å². The highest BCUT2D eigenvalue weighted by Crippen LogP contribution is 2.10. The molecule has 1 amide bonds. The Bertz CT molecular complexity index is 349. The number of carbonyl (C=O) groups is 1. The second-order valence-corrected chi connectivity index (χ2v) is 3.12. The van der Waals surface area contributed by atoms with E-state index in [1.165, 1.54) is 12.4 Å². The van der Waals surface area contributed by atoms with Gasteiger partial charge in [0.25, 0.3) is 5.91 Å². The number of primary amides is 1. The molecule has 6 nitrogen and oxygen atoms in total. The first-order chi connectivity index (χ1) is 6.77. The summed E-state index contributed by atoms with van der Waals surface area (Å²) in [5.74, 6) is -0.0978. The molecule has 4 N–H and O–H groups in total. The fraction of sp³-hybridized carbons (Fsp3) is 0.375. The van der Waals surface area contributed by atoms with Crippen LogP contribution in [0.1, 0.15) is 10.5 Å². The molecular formula is C8H11N5O. The average molecular weight is 193 g/mol. The van der Waals surface area contributed by atoms with Gasteiger partial charge in [0.05, 0.1) is 6.04 Å². The molecular weight excluding hydrogens is 182 g/mol. The van der Waals surface area contributed by atoms with Crippen LogP contribution in [0.5, 0.6) is 0 Å². The maximum atomic E-state index is 11.0. The van der Waals surface area contributed by atoms with Crippen LogP contribution in [0, 0.1) is 0 Å². The van der Waals surface area contributed by atoms with E-state index in [0.717, 1.165) is 13.1 Å². The number of anilines is 1. The van der Waals surface area contributed by atoms with Gasteiger partial charge < -0.3 is 16.4 Å². The van der Waals surface area contributed by atoms with Gasteiger partial charge in [-0.25, -0.2) is 9.97 Å². The van der Waals surface area contributed by atoms with E-state index in [1.54, 1.807) is 0 Å². The molecule has 0 atom stereocenters. The average Bonchev–Trinajstić information content (AvgIpc) is 2.12. The van der Waals surface area contributed by atoms with Crippen molar-refractivity contribution in [2.45, 2.75) is 6.04 Å². The van der Waals surface area contributed by atoms with Gasteiger partial charge in [-0.2, -0.15) is 0 Å². The third kappa shape index (κ3) is 1.64. The quantitative estimate of drug-likeness (QED) is 0.570. The molecule has 1 aliphatic rings. The molecule has 1 saturated heterocycles. The highest BCUT2D eigenvalue weighted by atomic mass is 16.1. The molecule has 6 heteroatoms. The summed E-state index contributed by atoms with van der Waals surface area (Å²) in [5.41, 5.74) is 5.35. The summed E-state index contributed by atoms with van der Waals surface area (Å²) in [4.78, 5) is 18.9. The Kier molecular flexibility index (Phi) is 2.28. The van der Waals surface area contributed by atoms with E-state index >= 15 is 0 Å². The molecule has 0 radical (unpaired) electrons. The lowest BCUT2D eigenvalue weighted by Gasteiger charge is -2.28. The Morgan fingerprint density at radius 1 is 1.50 bits per heavy atom. The molecule has 0 unspecified atom stereocenters. The van der Waals surface area contributed by atoms with E-state index in [4.69, 9.17) is 5.73 Å². The molecule has 0 saturated carbocycles. The van der Waals surface area contributed by atoms with Gasteiger partial charge in [-0.1, -0.05) is 0 Å². The number of hydrogen-bond donors (Lipinski definition) is 3. The zero-order valence-electron chi connectivity index (χ0n) is 7.53. The first-order valence-corrected chi connectivity index (χ1v) is 4.35. The van der Waals surface area contributed by atoms with Gasteiger partial charge in [0.15, 0.2) is 11.5 Å². The van der Waals surface area contributed by atoms with Gasteiger partial charge in [0.1, 0.15) is 0 Å². The van der Waals surface area contributed by atoms with Crippen LogP contribution < -0.4 is 16.4 Å². The van der Waals surface area contributed by atoms with Crippen LogP contribution >= 0.6 is 0 Å². The molecule has 1 fully saturated rings. The molecule has 0 aliphatic carbocycles. The number of nitrogens with one attached hydrogen (secondary N) is 2. The molecule has 0 spiro atoms. The van der Waals surface area contributed by atoms with E-state index in [-0.39, 0.29) is 5.69 Å². The van der Waals surface area contributed by atoms with Gasteiger partial charge in [0.2, 0.25) is 0 Å². The summed E-state index contributed by atoms with van der Waals surface area (Å²) >= 11 is 0. The molecule has 0 bridgehead atoms. The zero-order chi connectivity index (χ0) is 9.97. The lowest BCUT2D eigenvalue weighted by molar-refractivity contribution is 0.0996. The largest absolute Gasteiger partial charge is 0.364 e. The minimum atomic E-state index is -0.562. The third-order valence-electron chi connectivity index (χ3n) is 2.05. The molecule has 0 aromatic carbocycles. The number of nitrogens with zero attached hydrogens (tertiary/aromatic N) is 2. The lowest BCUT2D eigenvalue weighted by atomic mass is 10.2. The molecule has 2 heterocycles. The van der Waals surface area contributed by atoms with Crippen LogP contribution in [0.3, 0.4) is 0 Å². The number of hydrogen-bond acceptors (Lipinski definition) is 5. The predicted molar refractivity (Wildman–Crippen MR) is 50.8 cm³/mol. The van der Waals surface area contributed by atoms with Crippen molar-refractivity contribution >= 4 is 11.7 Å². The van der Waals surface area contributed by atoms with Crippen LogP contribution in [0.4, 0.5) is 5.82 Å². The van der Waals surface area contributed by atoms with Crippen molar-refractivity contribution in [3.05, 3.63) is 18.1 Å². The van der Waals surface area contributed by atoms with Crippen molar-refractivity contribution in [3.63, 3.8) is 0 Å². The molecule has 2 rings (SSSR count). The number of aromatic nitrogens is 2. The molecule has 14 heavy (non-hydrogen) atoms. The van der Waals surface area contributed by atoms with E-state index in [2.05, 4.69) is 20.6 Å². The Balaban J connectivity index is 2.17. The molecule has 74 valence electrons. The van der Waals surface area contributed by atoms with Gasteiger partial charge in [0, 0.05) is 25.5 Å². The summed E-state index contributed by atoms with van der Waals surface area (Å²) in [6.07, 6.45) is 2.98. The van der Waals surface area contributed by atoms with Gasteiger partial charge >= 0.3 is 0 Å². The Morgan fingerprint density at radius 2 is 2.21 bits per heavy atom. The number of amides is 1. The summed E-state index contributed by atoms with van der Waals surface area (Å²) in [6, 6.07) is 0.310. The maximum Gasteiger partial charge on any atom is 0.271 e.